The van der Waals surface area contributed by atoms with Gasteiger partial charge in [0.25, 0.3) is 0 Å². The zero-order valence-electron chi connectivity index (χ0n) is 23.0. The van der Waals surface area contributed by atoms with Crippen LogP contribution in [0.25, 0.3) is 11.0 Å². The molecule has 2 aliphatic heterocycles. The monoisotopic (exact) mass is 618 g/mol. The lowest BCUT2D eigenvalue weighted by Gasteiger charge is -2.35. The van der Waals surface area contributed by atoms with Crippen molar-refractivity contribution in [2.45, 2.75) is 57.8 Å². The van der Waals surface area contributed by atoms with E-state index in [9.17, 15) is 23.1 Å². The maximum atomic E-state index is 15.4. The van der Waals surface area contributed by atoms with Crippen molar-refractivity contribution in [2.75, 3.05) is 13.2 Å². The molecule has 1 N–H and O–H groups in total. The van der Waals surface area contributed by atoms with Gasteiger partial charge in [-0.25, -0.2) is 19.2 Å². The van der Waals surface area contributed by atoms with Gasteiger partial charge >= 0.3 is 12.1 Å². The number of ether oxygens (including phenoxy) is 2. The summed E-state index contributed by atoms with van der Waals surface area (Å²) >= 11 is 6.18. The van der Waals surface area contributed by atoms with Crippen LogP contribution < -0.4 is 4.74 Å². The van der Waals surface area contributed by atoms with Gasteiger partial charge in [-0.05, 0) is 49.6 Å². The van der Waals surface area contributed by atoms with Crippen LogP contribution in [-0.2, 0) is 37.0 Å². The molecule has 226 valence electrons. The smallest absolute Gasteiger partial charge is 0.421 e. The third-order valence-corrected chi connectivity index (χ3v) is 8.39. The lowest BCUT2D eigenvalue weighted by Crippen LogP contribution is -2.36. The van der Waals surface area contributed by atoms with E-state index in [1.807, 2.05) is 11.8 Å². The highest BCUT2D eigenvalue weighted by Gasteiger charge is 2.39. The second kappa shape index (κ2) is 11.4. The number of pyridine rings is 1. The predicted molar refractivity (Wildman–Crippen MR) is 149 cm³/mol. The fourth-order valence-corrected chi connectivity index (χ4v) is 5.75. The molecule has 0 radical (unpaired) electrons. The van der Waals surface area contributed by atoms with Crippen LogP contribution in [0.2, 0.25) is 5.02 Å². The number of rotatable bonds is 8. The van der Waals surface area contributed by atoms with E-state index in [0.717, 1.165) is 12.5 Å². The number of halogens is 5. The molecule has 1 fully saturated rings. The van der Waals surface area contributed by atoms with Crippen molar-refractivity contribution in [1.29, 1.82) is 0 Å². The number of fused-ring (bicyclic) bond motifs is 2. The molecule has 0 bridgehead atoms. The van der Waals surface area contributed by atoms with Gasteiger partial charge in [-0.15, -0.1) is 0 Å². The topological polar surface area (TPSA) is 89.7 Å². The van der Waals surface area contributed by atoms with Crippen LogP contribution in [0, 0.1) is 5.82 Å². The fraction of sp³-hybridized carbons (Fsp3) is 0.367. The first kappa shape index (κ1) is 29.3. The van der Waals surface area contributed by atoms with Crippen molar-refractivity contribution >= 4 is 28.6 Å². The summed E-state index contributed by atoms with van der Waals surface area (Å²) in [7, 11) is 0. The summed E-state index contributed by atoms with van der Waals surface area (Å²) < 4.78 is 70.3. The lowest BCUT2D eigenvalue weighted by atomic mass is 9.97. The Morgan fingerprint density at radius 1 is 1.21 bits per heavy atom. The Kier molecular flexibility index (Phi) is 7.78. The van der Waals surface area contributed by atoms with Gasteiger partial charge in [-0.2, -0.15) is 13.2 Å². The van der Waals surface area contributed by atoms with E-state index in [1.165, 1.54) is 12.1 Å². The molecule has 8 nitrogen and oxygen atoms in total. The minimum absolute atomic E-state index is 0.0821. The summed E-state index contributed by atoms with van der Waals surface area (Å²) in [6.45, 7) is 3.14. The molecule has 2 aromatic heterocycles. The molecular formula is C30H27ClF4N4O4. The number of aromatic carboxylic acids is 1. The van der Waals surface area contributed by atoms with E-state index < -0.39 is 41.0 Å². The first-order valence-corrected chi connectivity index (χ1v) is 14.1. The number of imidazole rings is 1. The highest BCUT2D eigenvalue weighted by Crippen LogP contribution is 2.40. The minimum atomic E-state index is -4.68. The van der Waals surface area contributed by atoms with Crippen LogP contribution in [-0.4, -0.2) is 49.8 Å². The number of benzene rings is 2. The largest absolute Gasteiger partial charge is 0.478 e. The average molecular weight is 619 g/mol. The van der Waals surface area contributed by atoms with Crippen LogP contribution in [0.5, 0.6) is 5.88 Å². The molecule has 1 saturated heterocycles. The van der Waals surface area contributed by atoms with Gasteiger partial charge in [0.05, 0.1) is 42.0 Å². The Hall–Kier alpha value is -3.74. The molecule has 2 atom stereocenters. The zero-order valence-corrected chi connectivity index (χ0v) is 23.8. The zero-order chi connectivity index (χ0) is 30.5. The second-order valence-corrected chi connectivity index (χ2v) is 11.1. The molecule has 0 saturated carbocycles. The molecule has 4 heterocycles. The van der Waals surface area contributed by atoms with E-state index in [-0.39, 0.29) is 31.3 Å². The van der Waals surface area contributed by atoms with Crippen molar-refractivity contribution in [1.82, 2.24) is 19.4 Å². The highest BCUT2D eigenvalue weighted by atomic mass is 35.5. The van der Waals surface area contributed by atoms with Gasteiger partial charge in [-0.3, -0.25) is 4.90 Å². The molecule has 0 amide bonds. The number of carboxylic acid groups (broad SMARTS) is 1. The molecule has 43 heavy (non-hydrogen) atoms. The minimum Gasteiger partial charge on any atom is -0.478 e. The number of alkyl halides is 3. The number of hydrogen-bond donors (Lipinski definition) is 1. The lowest BCUT2D eigenvalue weighted by molar-refractivity contribution is -0.139. The van der Waals surface area contributed by atoms with Gasteiger partial charge in [0.15, 0.2) is 5.82 Å². The van der Waals surface area contributed by atoms with Crippen molar-refractivity contribution in [3.63, 3.8) is 0 Å². The Morgan fingerprint density at radius 3 is 2.65 bits per heavy atom. The number of carbonyl (C=O) groups is 1. The quantitative estimate of drug-likeness (QED) is 0.228. The van der Waals surface area contributed by atoms with Gasteiger partial charge in [-0.1, -0.05) is 29.8 Å². The van der Waals surface area contributed by atoms with Crippen molar-refractivity contribution in [3.8, 4) is 5.88 Å². The molecule has 4 aromatic rings. The molecule has 6 rings (SSSR count). The van der Waals surface area contributed by atoms with Crippen LogP contribution >= 0.6 is 11.6 Å². The maximum absolute atomic E-state index is 15.4. The first-order valence-electron chi connectivity index (χ1n) is 13.7. The molecular weight excluding hydrogens is 592 g/mol. The Labute approximate surface area is 248 Å². The number of carboxylic acids is 1. The van der Waals surface area contributed by atoms with Crippen LogP contribution in [0.3, 0.4) is 0 Å². The number of aromatic nitrogens is 3. The van der Waals surface area contributed by atoms with E-state index >= 15 is 4.39 Å². The predicted octanol–water partition coefficient (Wildman–Crippen LogP) is 6.43. The molecule has 0 spiro atoms. The first-order chi connectivity index (χ1) is 20.5. The number of nitrogens with zero attached hydrogens (tertiary/aromatic N) is 4. The fourth-order valence-electron chi connectivity index (χ4n) is 5.56. The van der Waals surface area contributed by atoms with E-state index in [2.05, 4.69) is 9.97 Å². The van der Waals surface area contributed by atoms with Crippen LogP contribution in [0.1, 0.15) is 58.0 Å². The van der Waals surface area contributed by atoms with Gasteiger partial charge in [0.2, 0.25) is 5.88 Å². The summed E-state index contributed by atoms with van der Waals surface area (Å²) in [4.78, 5) is 22.6. The highest BCUT2D eigenvalue weighted by molar-refractivity contribution is 6.31. The van der Waals surface area contributed by atoms with Crippen molar-refractivity contribution < 1.29 is 36.9 Å². The van der Waals surface area contributed by atoms with Gasteiger partial charge < -0.3 is 19.1 Å². The second-order valence-electron chi connectivity index (χ2n) is 10.7. The summed E-state index contributed by atoms with van der Waals surface area (Å²) in [5.41, 5.74) is 0.422. The van der Waals surface area contributed by atoms with Gasteiger partial charge in [0.1, 0.15) is 23.5 Å². The van der Waals surface area contributed by atoms with Gasteiger partial charge in [0, 0.05) is 23.7 Å². The molecule has 2 aliphatic rings. The third kappa shape index (κ3) is 5.66. The van der Waals surface area contributed by atoms with Crippen molar-refractivity contribution in [2.24, 2.45) is 0 Å². The Balaban J connectivity index is 1.33. The molecule has 0 aliphatic carbocycles. The Morgan fingerprint density at radius 2 is 1.98 bits per heavy atom. The average Bonchev–Trinajstić information content (AvgIpc) is 3.28. The van der Waals surface area contributed by atoms with Crippen LogP contribution in [0.4, 0.5) is 17.6 Å². The Bertz CT molecular complexity index is 1710. The number of hydrogen-bond acceptors (Lipinski definition) is 6. The summed E-state index contributed by atoms with van der Waals surface area (Å²) in [6.07, 6.45) is -3.77. The summed E-state index contributed by atoms with van der Waals surface area (Å²) in [5.74, 6) is -2.30. The third-order valence-electron chi connectivity index (χ3n) is 8.02. The normalized spacial score (nSPS) is 18.8. The van der Waals surface area contributed by atoms with Crippen LogP contribution in [0.15, 0.2) is 42.5 Å². The maximum Gasteiger partial charge on any atom is 0.421 e. The standard InChI is InChI=1S/C30H27ClF4N4O4/c1-16-26-17(12-21(30(33,34)35)28(37-26)43-15-18-4-2-3-5-22(18)31)8-10-38(16)14-24-36-23-7-6-20(29(40)41)25(32)27(23)39(24)13-19-9-11-42-19/h2-7,12,16,19H,8-11,13-15H2,1H3,(H,40,41)/t16-,19-/m0/s1. The SMILES string of the molecule is C[C@H]1c2nc(OCc3ccccc3Cl)c(C(F)(F)F)cc2CCN1Cc1nc2ccc(C(=O)O)c(F)c2n1C[C@@H]1CCO1. The van der Waals surface area contributed by atoms with E-state index in [0.29, 0.717) is 52.8 Å². The van der Waals surface area contributed by atoms with E-state index in [4.69, 9.17) is 21.1 Å². The van der Waals surface area contributed by atoms with E-state index in [1.54, 1.807) is 28.8 Å². The molecule has 13 heteroatoms. The molecule has 2 aromatic carbocycles. The van der Waals surface area contributed by atoms with Crippen molar-refractivity contribution in [3.05, 3.63) is 87.1 Å². The molecule has 0 unspecified atom stereocenters. The summed E-state index contributed by atoms with van der Waals surface area (Å²) in [5, 5.41) is 9.83. The summed E-state index contributed by atoms with van der Waals surface area (Å²) in [6, 6.07) is 10.1.